The van der Waals surface area contributed by atoms with Gasteiger partial charge in [-0.25, -0.2) is 4.79 Å². The fraction of sp³-hybridized carbons (Fsp3) is 0.353. The summed E-state index contributed by atoms with van der Waals surface area (Å²) in [5, 5.41) is 2.59. The van der Waals surface area contributed by atoms with Crippen molar-refractivity contribution < 1.29 is 19.0 Å². The molecule has 138 valence electrons. The highest BCUT2D eigenvalue weighted by Crippen LogP contribution is 2.23. The van der Waals surface area contributed by atoms with Crippen molar-refractivity contribution in [3.63, 3.8) is 0 Å². The summed E-state index contributed by atoms with van der Waals surface area (Å²) in [6.07, 6.45) is 2.48. The largest absolute Gasteiger partial charge is 0.476 e. The Balaban J connectivity index is 1.45. The summed E-state index contributed by atoms with van der Waals surface area (Å²) in [6.45, 7) is 3.46. The zero-order valence-electron chi connectivity index (χ0n) is 14.3. The van der Waals surface area contributed by atoms with Gasteiger partial charge in [0.05, 0.1) is 26.0 Å². The number of morpholine rings is 1. The number of rotatable bonds is 6. The van der Waals surface area contributed by atoms with E-state index in [1.165, 1.54) is 6.20 Å². The van der Waals surface area contributed by atoms with Crippen molar-refractivity contribution in [2.45, 2.75) is 0 Å². The molecule has 0 unspecified atom stereocenters. The lowest BCUT2D eigenvalue weighted by molar-refractivity contribution is 0.122. The number of nitrogens with two attached hydrogens (primary N) is 1. The van der Waals surface area contributed by atoms with Gasteiger partial charge in [-0.2, -0.15) is 4.98 Å². The average molecular weight is 359 g/mol. The molecule has 0 aliphatic carbocycles. The molecule has 1 aliphatic rings. The fourth-order valence-corrected chi connectivity index (χ4v) is 2.45. The Morgan fingerprint density at radius 3 is 2.96 bits per heavy atom. The van der Waals surface area contributed by atoms with Gasteiger partial charge in [0, 0.05) is 37.1 Å². The van der Waals surface area contributed by atoms with Gasteiger partial charge in [0.2, 0.25) is 5.88 Å². The van der Waals surface area contributed by atoms with E-state index in [1.54, 1.807) is 18.3 Å². The summed E-state index contributed by atoms with van der Waals surface area (Å²) in [6, 6.07) is 6.97. The van der Waals surface area contributed by atoms with Crippen LogP contribution in [0.4, 0.5) is 16.3 Å². The maximum atomic E-state index is 11.7. The molecule has 0 bridgehead atoms. The average Bonchev–Trinajstić information content (AvgIpc) is 2.66. The van der Waals surface area contributed by atoms with Crippen molar-refractivity contribution in [2.75, 3.05) is 50.1 Å². The standard InChI is InChI=1S/C17H21N5O4/c18-15-10-13(22-5-8-24-9-6-22)11-16(21-15)25-7-4-20-17(23)26-14-2-1-3-19-12-14/h1-3,10-12H,4-9H2,(H2,18,21)(H,20,23). The van der Waals surface area contributed by atoms with Gasteiger partial charge in [-0.05, 0) is 12.1 Å². The summed E-state index contributed by atoms with van der Waals surface area (Å²) >= 11 is 0. The van der Waals surface area contributed by atoms with Crippen LogP contribution in [0.25, 0.3) is 0 Å². The van der Waals surface area contributed by atoms with E-state index in [-0.39, 0.29) is 13.2 Å². The Hall–Kier alpha value is -3.07. The number of carbonyl (C=O) groups is 1. The van der Waals surface area contributed by atoms with Gasteiger partial charge in [-0.3, -0.25) is 4.98 Å². The van der Waals surface area contributed by atoms with Gasteiger partial charge in [0.1, 0.15) is 12.4 Å². The SMILES string of the molecule is Nc1cc(N2CCOCC2)cc(OCCNC(=O)Oc2cccnc2)n1. The second-order valence-corrected chi connectivity index (χ2v) is 5.54. The van der Waals surface area contributed by atoms with E-state index in [0.717, 1.165) is 18.8 Å². The lowest BCUT2D eigenvalue weighted by Gasteiger charge is -2.29. The molecule has 3 N–H and O–H groups in total. The molecule has 2 aromatic rings. The molecule has 9 nitrogen and oxygen atoms in total. The van der Waals surface area contributed by atoms with Crippen molar-refractivity contribution in [3.05, 3.63) is 36.7 Å². The van der Waals surface area contributed by atoms with E-state index in [4.69, 9.17) is 19.9 Å². The predicted octanol–water partition coefficient (Wildman–Crippen LogP) is 1.06. The van der Waals surface area contributed by atoms with Crippen LogP contribution < -0.4 is 25.4 Å². The Bertz CT molecular complexity index is 722. The molecular weight excluding hydrogens is 338 g/mol. The third kappa shape index (κ3) is 5.21. The van der Waals surface area contributed by atoms with E-state index in [1.807, 2.05) is 12.1 Å². The first-order chi connectivity index (χ1) is 12.7. The van der Waals surface area contributed by atoms with Gasteiger partial charge in [-0.1, -0.05) is 0 Å². The number of pyridine rings is 2. The van der Waals surface area contributed by atoms with Crippen LogP contribution in [0.15, 0.2) is 36.7 Å². The van der Waals surface area contributed by atoms with Crippen LogP contribution in [0.5, 0.6) is 11.6 Å². The molecule has 1 amide bonds. The molecule has 1 fully saturated rings. The van der Waals surface area contributed by atoms with Gasteiger partial charge in [-0.15, -0.1) is 0 Å². The Kier molecular flexibility index (Phi) is 6.05. The third-order valence-electron chi connectivity index (χ3n) is 3.65. The maximum Gasteiger partial charge on any atom is 0.412 e. The monoisotopic (exact) mass is 359 g/mol. The molecule has 3 heterocycles. The van der Waals surface area contributed by atoms with Gasteiger partial charge in [0.15, 0.2) is 5.75 Å². The Morgan fingerprint density at radius 1 is 1.35 bits per heavy atom. The molecule has 0 aromatic carbocycles. The molecule has 3 rings (SSSR count). The Labute approximate surface area is 151 Å². The topological polar surface area (TPSA) is 112 Å². The zero-order valence-corrected chi connectivity index (χ0v) is 14.3. The number of nitrogens with zero attached hydrogens (tertiary/aromatic N) is 3. The van der Waals surface area contributed by atoms with Crippen LogP contribution in [0, 0.1) is 0 Å². The van der Waals surface area contributed by atoms with Crippen LogP contribution in [0.3, 0.4) is 0 Å². The molecule has 9 heteroatoms. The highest BCUT2D eigenvalue weighted by atomic mass is 16.6. The van der Waals surface area contributed by atoms with E-state index >= 15 is 0 Å². The molecule has 0 spiro atoms. The number of anilines is 2. The number of carbonyl (C=O) groups excluding carboxylic acids is 1. The molecule has 0 atom stereocenters. The number of hydrogen-bond donors (Lipinski definition) is 2. The van der Waals surface area contributed by atoms with Crippen LogP contribution in [0.2, 0.25) is 0 Å². The van der Waals surface area contributed by atoms with Crippen molar-refractivity contribution in [1.29, 1.82) is 0 Å². The fourth-order valence-electron chi connectivity index (χ4n) is 2.45. The molecule has 1 saturated heterocycles. The van der Waals surface area contributed by atoms with Crippen molar-refractivity contribution in [1.82, 2.24) is 15.3 Å². The van der Waals surface area contributed by atoms with E-state index in [9.17, 15) is 4.79 Å². The third-order valence-corrected chi connectivity index (χ3v) is 3.65. The predicted molar refractivity (Wildman–Crippen MR) is 95.4 cm³/mol. The van der Waals surface area contributed by atoms with E-state index < -0.39 is 6.09 Å². The first-order valence-electron chi connectivity index (χ1n) is 8.29. The number of ether oxygens (including phenoxy) is 3. The van der Waals surface area contributed by atoms with Gasteiger partial charge < -0.3 is 30.2 Å². The van der Waals surface area contributed by atoms with Crippen molar-refractivity contribution in [2.24, 2.45) is 0 Å². The summed E-state index contributed by atoms with van der Waals surface area (Å²) in [5.41, 5.74) is 6.80. The highest BCUT2D eigenvalue weighted by Gasteiger charge is 2.13. The zero-order chi connectivity index (χ0) is 18.2. The first-order valence-corrected chi connectivity index (χ1v) is 8.29. The molecule has 26 heavy (non-hydrogen) atoms. The number of nitrogen functional groups attached to an aromatic ring is 1. The molecule has 0 saturated carbocycles. The molecule has 0 radical (unpaired) electrons. The van der Waals surface area contributed by atoms with Crippen LogP contribution >= 0.6 is 0 Å². The molecule has 1 aliphatic heterocycles. The minimum absolute atomic E-state index is 0.237. The van der Waals surface area contributed by atoms with Crippen molar-refractivity contribution in [3.8, 4) is 11.6 Å². The normalized spacial score (nSPS) is 13.9. The van der Waals surface area contributed by atoms with Crippen LogP contribution in [0.1, 0.15) is 0 Å². The lowest BCUT2D eigenvalue weighted by atomic mass is 10.3. The molecular formula is C17H21N5O4. The van der Waals surface area contributed by atoms with Crippen molar-refractivity contribution >= 4 is 17.6 Å². The highest BCUT2D eigenvalue weighted by molar-refractivity contribution is 5.70. The summed E-state index contributed by atoms with van der Waals surface area (Å²) in [5.74, 6) is 1.17. The minimum atomic E-state index is -0.573. The smallest absolute Gasteiger partial charge is 0.412 e. The van der Waals surface area contributed by atoms with E-state index in [2.05, 4.69) is 20.2 Å². The first kappa shape index (κ1) is 17.7. The minimum Gasteiger partial charge on any atom is -0.476 e. The molecule has 2 aromatic heterocycles. The maximum absolute atomic E-state index is 11.7. The summed E-state index contributed by atoms with van der Waals surface area (Å²) in [4.78, 5) is 21.9. The second-order valence-electron chi connectivity index (χ2n) is 5.54. The second kappa shape index (κ2) is 8.86. The van der Waals surface area contributed by atoms with Crippen LogP contribution in [-0.4, -0.2) is 55.5 Å². The number of aromatic nitrogens is 2. The van der Waals surface area contributed by atoms with E-state index in [0.29, 0.717) is 30.7 Å². The van der Waals surface area contributed by atoms with Crippen LogP contribution in [-0.2, 0) is 4.74 Å². The summed E-state index contributed by atoms with van der Waals surface area (Å²) < 4.78 is 16.0. The number of nitrogens with one attached hydrogen (secondary N) is 1. The van der Waals surface area contributed by atoms with Gasteiger partial charge >= 0.3 is 6.09 Å². The summed E-state index contributed by atoms with van der Waals surface area (Å²) in [7, 11) is 0. The quantitative estimate of drug-likeness (QED) is 0.737. The van der Waals surface area contributed by atoms with Gasteiger partial charge in [0.25, 0.3) is 0 Å². The number of amides is 1. The lowest BCUT2D eigenvalue weighted by Crippen LogP contribution is -2.36. The Morgan fingerprint density at radius 2 is 2.19 bits per heavy atom. The number of hydrogen-bond acceptors (Lipinski definition) is 8.